The Morgan fingerprint density at radius 2 is 2.00 bits per heavy atom. The fourth-order valence-corrected chi connectivity index (χ4v) is 2.49. The Balaban J connectivity index is 2.17. The molecule has 2 aromatic rings. The van der Waals surface area contributed by atoms with Gasteiger partial charge in [0, 0.05) is 12.1 Å². The van der Waals surface area contributed by atoms with Crippen LogP contribution in [0.15, 0.2) is 48.7 Å². The molecule has 20 heavy (non-hydrogen) atoms. The van der Waals surface area contributed by atoms with E-state index in [1.165, 1.54) is 6.20 Å². The third-order valence-electron chi connectivity index (χ3n) is 3.62. The van der Waals surface area contributed by atoms with Gasteiger partial charge in [-0.1, -0.05) is 12.1 Å². The number of rotatable bonds is 2. The third kappa shape index (κ3) is 1.67. The molecule has 1 atom stereocenters. The number of pyridine rings is 1. The molecule has 0 saturated carbocycles. The molecule has 5 nitrogen and oxygen atoms in total. The second-order valence-corrected chi connectivity index (χ2v) is 4.77. The number of ketones is 1. The lowest BCUT2D eigenvalue weighted by Crippen LogP contribution is -2.54. The summed E-state index contributed by atoms with van der Waals surface area (Å²) in [5, 5.41) is 21.7. The number of carbonyl (C=O) groups excluding carboxylic acids is 1. The van der Waals surface area contributed by atoms with Crippen LogP contribution in [0.2, 0.25) is 0 Å². The maximum absolute atomic E-state index is 12.7. The molecule has 102 valence electrons. The number of fused-ring (bicyclic) bond motifs is 1. The van der Waals surface area contributed by atoms with Crippen molar-refractivity contribution in [3.05, 3.63) is 65.1 Å². The van der Waals surface area contributed by atoms with Crippen LogP contribution in [0.4, 0.5) is 0 Å². The number of hydrogen-bond donors (Lipinski definition) is 1. The van der Waals surface area contributed by atoms with Crippen molar-refractivity contribution in [1.82, 2.24) is 0 Å². The highest BCUT2D eigenvalue weighted by Gasteiger charge is 2.50. The Labute approximate surface area is 115 Å². The lowest BCUT2D eigenvalue weighted by atomic mass is 9.76. The lowest BCUT2D eigenvalue weighted by molar-refractivity contribution is -0.617. The number of aliphatic hydroxyl groups is 1. The first-order valence-corrected chi connectivity index (χ1v) is 6.25. The molecule has 1 aromatic carbocycles. The summed E-state index contributed by atoms with van der Waals surface area (Å²) in [7, 11) is 0. The molecule has 0 aliphatic carbocycles. The Morgan fingerprint density at radius 1 is 1.25 bits per heavy atom. The highest BCUT2D eigenvalue weighted by Crippen LogP contribution is 2.35. The Kier molecular flexibility index (Phi) is 2.91. The topological polar surface area (TPSA) is 73.5 Å². The molecule has 1 aliphatic rings. The molecular formula is C15H13NO4. The average molecular weight is 271 g/mol. The maximum Gasteiger partial charge on any atom is 0.212 e. The molecule has 1 N–H and O–H groups in total. The molecular weight excluding hydrogens is 258 g/mol. The van der Waals surface area contributed by atoms with Gasteiger partial charge in [0.15, 0.2) is 17.4 Å². The van der Waals surface area contributed by atoms with Crippen LogP contribution in [0.5, 0.6) is 5.75 Å². The smallest absolute Gasteiger partial charge is 0.212 e. The number of ether oxygens (including phenoxy) is 1. The number of Topliss-reactive ketones (excluding diaryl/α,β-unsaturated/α-hetero) is 1. The van der Waals surface area contributed by atoms with Crippen LogP contribution < -0.4 is 9.47 Å². The zero-order valence-corrected chi connectivity index (χ0v) is 10.7. The first kappa shape index (κ1) is 12.6. The van der Waals surface area contributed by atoms with Gasteiger partial charge in [-0.05, 0) is 18.2 Å². The number of benzene rings is 1. The van der Waals surface area contributed by atoms with E-state index in [1.54, 1.807) is 42.5 Å². The van der Waals surface area contributed by atoms with Gasteiger partial charge < -0.3 is 15.1 Å². The van der Waals surface area contributed by atoms with Crippen LogP contribution in [-0.2, 0) is 5.41 Å². The predicted octanol–water partition coefficient (Wildman–Crippen LogP) is 0.825. The number of nitrogens with zero attached hydrogens (tertiary/aromatic N) is 1. The summed E-state index contributed by atoms with van der Waals surface area (Å²) in [5.74, 6) is 0.188. The SMILES string of the molecule is O=C1c2ccccc2OCC1(CO)c1cccc[n+]1[O-]. The average Bonchev–Trinajstić information content (AvgIpc) is 2.49. The quantitative estimate of drug-likeness (QED) is 0.648. The van der Waals surface area contributed by atoms with Crippen molar-refractivity contribution in [3.8, 4) is 5.75 Å². The van der Waals surface area contributed by atoms with E-state index in [-0.39, 0.29) is 18.1 Å². The monoisotopic (exact) mass is 271 g/mol. The number of aromatic nitrogens is 1. The van der Waals surface area contributed by atoms with Gasteiger partial charge in [-0.25, -0.2) is 0 Å². The minimum absolute atomic E-state index is 0.0500. The van der Waals surface area contributed by atoms with E-state index in [0.717, 1.165) is 0 Å². The second kappa shape index (κ2) is 4.61. The summed E-state index contributed by atoms with van der Waals surface area (Å²) >= 11 is 0. The van der Waals surface area contributed by atoms with Gasteiger partial charge in [-0.15, -0.1) is 0 Å². The minimum Gasteiger partial charge on any atom is -0.618 e. The fourth-order valence-electron chi connectivity index (χ4n) is 2.49. The number of para-hydroxylation sites is 1. The van der Waals surface area contributed by atoms with E-state index in [4.69, 9.17) is 4.74 Å². The summed E-state index contributed by atoms with van der Waals surface area (Å²) in [5.41, 5.74) is -0.768. The van der Waals surface area contributed by atoms with Crippen LogP contribution in [0.3, 0.4) is 0 Å². The van der Waals surface area contributed by atoms with E-state index in [2.05, 4.69) is 0 Å². The minimum atomic E-state index is -1.35. The van der Waals surface area contributed by atoms with E-state index >= 15 is 0 Å². The van der Waals surface area contributed by atoms with Crippen molar-refractivity contribution in [2.45, 2.75) is 5.41 Å². The first-order valence-electron chi connectivity index (χ1n) is 6.25. The molecule has 0 bridgehead atoms. The highest BCUT2D eigenvalue weighted by atomic mass is 16.5. The molecule has 5 heteroatoms. The van der Waals surface area contributed by atoms with Gasteiger partial charge in [0.1, 0.15) is 12.4 Å². The van der Waals surface area contributed by atoms with Crippen LogP contribution >= 0.6 is 0 Å². The van der Waals surface area contributed by atoms with Crippen molar-refractivity contribution >= 4 is 5.78 Å². The van der Waals surface area contributed by atoms with Gasteiger partial charge >= 0.3 is 0 Å². The fraction of sp³-hybridized carbons (Fsp3) is 0.200. The van der Waals surface area contributed by atoms with Gasteiger partial charge in [0.25, 0.3) is 0 Å². The van der Waals surface area contributed by atoms with Gasteiger partial charge in [-0.3, -0.25) is 4.79 Å². The van der Waals surface area contributed by atoms with Crippen LogP contribution in [-0.4, -0.2) is 24.1 Å². The lowest BCUT2D eigenvalue weighted by Gasteiger charge is -2.33. The molecule has 1 unspecified atom stereocenters. The molecule has 1 aliphatic heterocycles. The molecule has 0 amide bonds. The largest absolute Gasteiger partial charge is 0.618 e. The van der Waals surface area contributed by atoms with E-state index < -0.39 is 12.0 Å². The van der Waals surface area contributed by atoms with Gasteiger partial charge in [-0.2, -0.15) is 4.73 Å². The van der Waals surface area contributed by atoms with Gasteiger partial charge in [0.2, 0.25) is 5.69 Å². The van der Waals surface area contributed by atoms with Gasteiger partial charge in [0.05, 0.1) is 12.2 Å². The second-order valence-electron chi connectivity index (χ2n) is 4.77. The normalized spacial score (nSPS) is 21.1. The Bertz CT molecular complexity index is 670. The molecule has 0 spiro atoms. The summed E-state index contributed by atoms with van der Waals surface area (Å²) in [6.07, 6.45) is 1.31. The van der Waals surface area contributed by atoms with Crippen LogP contribution in [0.1, 0.15) is 16.1 Å². The predicted molar refractivity (Wildman–Crippen MR) is 70.4 cm³/mol. The summed E-state index contributed by atoms with van der Waals surface area (Å²) < 4.78 is 6.18. The summed E-state index contributed by atoms with van der Waals surface area (Å²) in [4.78, 5) is 12.7. The molecule has 2 heterocycles. The highest BCUT2D eigenvalue weighted by molar-refractivity contribution is 6.06. The summed E-state index contributed by atoms with van der Waals surface area (Å²) in [6.45, 7) is -0.530. The van der Waals surface area contributed by atoms with E-state index in [9.17, 15) is 15.1 Å². The zero-order valence-electron chi connectivity index (χ0n) is 10.7. The Hall–Kier alpha value is -2.40. The molecule has 0 saturated heterocycles. The first-order chi connectivity index (χ1) is 9.69. The number of hydrogen-bond acceptors (Lipinski definition) is 4. The number of carbonyl (C=O) groups is 1. The standard InChI is InChI=1S/C15H13NO4/c17-9-15(13-7-3-4-8-16(13)19)10-20-12-6-2-1-5-11(12)14(15)18/h1-8,17H,9-10H2. The van der Waals surface area contributed by atoms with Crippen molar-refractivity contribution in [1.29, 1.82) is 0 Å². The molecule has 3 rings (SSSR count). The van der Waals surface area contributed by atoms with Crippen molar-refractivity contribution in [3.63, 3.8) is 0 Å². The summed E-state index contributed by atoms with van der Waals surface area (Å²) in [6, 6.07) is 11.6. The third-order valence-corrected chi connectivity index (χ3v) is 3.62. The van der Waals surface area contributed by atoms with Crippen molar-refractivity contribution in [2.75, 3.05) is 13.2 Å². The van der Waals surface area contributed by atoms with Crippen LogP contribution in [0.25, 0.3) is 0 Å². The molecule has 1 aromatic heterocycles. The van der Waals surface area contributed by atoms with Crippen LogP contribution in [0, 0.1) is 5.21 Å². The van der Waals surface area contributed by atoms with Crippen molar-refractivity contribution < 1.29 is 19.4 Å². The number of aliphatic hydroxyl groups excluding tert-OH is 1. The molecule has 0 radical (unpaired) electrons. The zero-order chi connectivity index (χ0) is 14.2. The molecule has 0 fully saturated rings. The van der Waals surface area contributed by atoms with Crippen molar-refractivity contribution in [2.24, 2.45) is 0 Å². The van der Waals surface area contributed by atoms with E-state index in [1.807, 2.05) is 0 Å². The Morgan fingerprint density at radius 3 is 2.75 bits per heavy atom. The van der Waals surface area contributed by atoms with E-state index in [0.29, 0.717) is 16.0 Å². The maximum atomic E-state index is 12.7.